The Labute approximate surface area is 127 Å². The third-order valence-corrected chi connectivity index (χ3v) is 6.96. The summed E-state index contributed by atoms with van der Waals surface area (Å²) in [4.78, 5) is 12.6. The first-order valence-electron chi connectivity index (χ1n) is 7.57. The fourth-order valence-electron chi connectivity index (χ4n) is 2.75. The molecule has 0 spiro atoms. The van der Waals surface area contributed by atoms with Gasteiger partial charge in [0.25, 0.3) is 0 Å². The van der Waals surface area contributed by atoms with Crippen LogP contribution in [-0.2, 0) is 16.3 Å². The number of fused-ring (bicyclic) bond motifs is 1. The molecule has 21 heavy (non-hydrogen) atoms. The van der Waals surface area contributed by atoms with E-state index >= 15 is 0 Å². The third-order valence-electron chi connectivity index (χ3n) is 4.32. The lowest BCUT2D eigenvalue weighted by molar-refractivity contribution is 0.0913. The predicted molar refractivity (Wildman–Crippen MR) is 85.4 cm³/mol. The van der Waals surface area contributed by atoms with Crippen LogP contribution in [0.15, 0.2) is 24.3 Å². The molecule has 3 nitrogen and oxygen atoms in total. The fourth-order valence-corrected chi connectivity index (χ4v) is 3.95. The van der Waals surface area contributed by atoms with E-state index in [4.69, 9.17) is 0 Å². The molecule has 1 aliphatic carbocycles. The summed E-state index contributed by atoms with van der Waals surface area (Å²) in [6, 6.07) is 7.71. The highest BCUT2D eigenvalue weighted by Crippen LogP contribution is 2.28. The normalized spacial score (nSPS) is 20.0. The largest absolute Gasteiger partial charge is 0.294 e. The minimum Gasteiger partial charge on any atom is -0.294 e. The van der Waals surface area contributed by atoms with Crippen molar-refractivity contribution in [2.24, 2.45) is 5.92 Å². The molecule has 0 N–H and O–H groups in total. The van der Waals surface area contributed by atoms with Crippen LogP contribution in [0, 0.1) is 5.92 Å². The molecule has 1 atom stereocenters. The van der Waals surface area contributed by atoms with Crippen LogP contribution in [0.5, 0.6) is 0 Å². The van der Waals surface area contributed by atoms with E-state index in [1.54, 1.807) is 20.8 Å². The molecule has 0 heterocycles. The molecule has 0 fully saturated rings. The van der Waals surface area contributed by atoms with Crippen LogP contribution in [0.4, 0.5) is 0 Å². The Morgan fingerprint density at radius 1 is 1.19 bits per heavy atom. The zero-order chi connectivity index (χ0) is 15.7. The summed E-state index contributed by atoms with van der Waals surface area (Å²) in [5.41, 5.74) is 1.89. The van der Waals surface area contributed by atoms with Crippen LogP contribution < -0.4 is 0 Å². The first-order valence-corrected chi connectivity index (χ1v) is 9.22. The fraction of sp³-hybridized carbons (Fsp3) is 0.588. The van der Waals surface area contributed by atoms with Crippen LogP contribution >= 0.6 is 0 Å². The summed E-state index contributed by atoms with van der Waals surface area (Å²) >= 11 is 0. The minimum absolute atomic E-state index is 0.0923. The number of sulfone groups is 1. The molecule has 0 aromatic heterocycles. The molecule has 1 unspecified atom stereocenters. The average Bonchev–Trinajstić information content (AvgIpc) is 2.55. The molecule has 116 valence electrons. The maximum absolute atomic E-state index is 12.6. The van der Waals surface area contributed by atoms with E-state index in [0.29, 0.717) is 6.42 Å². The predicted octanol–water partition coefficient (Wildman–Crippen LogP) is 3.43. The van der Waals surface area contributed by atoms with E-state index < -0.39 is 14.6 Å². The van der Waals surface area contributed by atoms with Gasteiger partial charge in [0.2, 0.25) is 0 Å². The summed E-state index contributed by atoms with van der Waals surface area (Å²) in [5.74, 6) is 0.0488. The minimum atomic E-state index is -3.16. The van der Waals surface area contributed by atoms with Crippen molar-refractivity contribution in [3.8, 4) is 0 Å². The summed E-state index contributed by atoms with van der Waals surface area (Å²) in [6.07, 6.45) is 3.08. The average molecular weight is 308 g/mol. The molecular formula is C17H24O3S. The number of hydrogen-bond acceptors (Lipinski definition) is 3. The van der Waals surface area contributed by atoms with Gasteiger partial charge in [-0.25, -0.2) is 8.42 Å². The van der Waals surface area contributed by atoms with E-state index in [1.807, 2.05) is 24.3 Å². The standard InChI is InChI=1S/C17H24O3S/c1-17(2,3)21(19,20)12-11-14-9-6-8-13-7-4-5-10-15(13)16(14)18/h4-5,7,10,14H,6,8-9,11-12H2,1-3H3. The first kappa shape index (κ1) is 16.2. The maximum atomic E-state index is 12.6. The van der Waals surface area contributed by atoms with Crippen LogP contribution in [0.2, 0.25) is 0 Å². The second-order valence-electron chi connectivity index (χ2n) is 6.83. The number of carbonyl (C=O) groups excluding carboxylic acids is 1. The Morgan fingerprint density at radius 3 is 2.52 bits per heavy atom. The highest BCUT2D eigenvalue weighted by atomic mass is 32.2. The van der Waals surface area contributed by atoms with Gasteiger partial charge in [-0.2, -0.15) is 0 Å². The zero-order valence-corrected chi connectivity index (χ0v) is 13.9. The molecule has 0 bridgehead atoms. The Bertz CT molecular complexity index is 624. The van der Waals surface area contributed by atoms with Gasteiger partial charge in [0.15, 0.2) is 15.6 Å². The van der Waals surface area contributed by atoms with Crippen molar-refractivity contribution in [2.45, 2.75) is 51.2 Å². The van der Waals surface area contributed by atoms with Crippen molar-refractivity contribution in [1.29, 1.82) is 0 Å². The van der Waals surface area contributed by atoms with Crippen molar-refractivity contribution in [2.75, 3.05) is 5.75 Å². The van der Waals surface area contributed by atoms with Gasteiger partial charge >= 0.3 is 0 Å². The molecule has 1 aromatic carbocycles. The molecule has 1 aromatic rings. The molecule has 0 aliphatic heterocycles. The van der Waals surface area contributed by atoms with Gasteiger partial charge in [0, 0.05) is 11.5 Å². The lowest BCUT2D eigenvalue weighted by Crippen LogP contribution is -2.32. The van der Waals surface area contributed by atoms with Gasteiger partial charge in [0.1, 0.15) is 0 Å². The number of rotatable bonds is 3. The molecule has 4 heteroatoms. The molecule has 0 saturated heterocycles. The van der Waals surface area contributed by atoms with Crippen LogP contribution in [0.1, 0.15) is 56.0 Å². The molecule has 1 aliphatic rings. The molecular weight excluding hydrogens is 284 g/mol. The second-order valence-corrected chi connectivity index (χ2v) is 9.69. The molecule has 0 saturated carbocycles. The molecule has 0 radical (unpaired) electrons. The summed E-state index contributed by atoms with van der Waals surface area (Å²) in [7, 11) is -3.16. The third kappa shape index (κ3) is 3.54. The number of Topliss-reactive ketones (excluding diaryl/α,β-unsaturated/α-hetero) is 1. The lowest BCUT2D eigenvalue weighted by atomic mass is 9.93. The van der Waals surface area contributed by atoms with Crippen LogP contribution in [0.25, 0.3) is 0 Å². The number of ketones is 1. The van der Waals surface area contributed by atoms with E-state index in [-0.39, 0.29) is 17.5 Å². The van der Waals surface area contributed by atoms with Gasteiger partial charge in [-0.3, -0.25) is 4.79 Å². The van der Waals surface area contributed by atoms with Gasteiger partial charge < -0.3 is 0 Å². The topological polar surface area (TPSA) is 51.2 Å². The van der Waals surface area contributed by atoms with E-state index in [9.17, 15) is 13.2 Å². The monoisotopic (exact) mass is 308 g/mol. The number of carbonyl (C=O) groups is 1. The van der Waals surface area contributed by atoms with Crippen molar-refractivity contribution in [1.82, 2.24) is 0 Å². The summed E-state index contributed by atoms with van der Waals surface area (Å²) in [6.45, 7) is 5.14. The second kappa shape index (κ2) is 5.91. The maximum Gasteiger partial charge on any atom is 0.166 e. The molecule has 2 rings (SSSR count). The quantitative estimate of drug-likeness (QED) is 0.804. The number of aryl methyl sites for hydroxylation is 1. The van der Waals surface area contributed by atoms with Gasteiger partial charge in [-0.15, -0.1) is 0 Å². The van der Waals surface area contributed by atoms with E-state index in [2.05, 4.69) is 0 Å². The number of hydrogen-bond donors (Lipinski definition) is 0. The molecule has 0 amide bonds. The first-order chi connectivity index (χ1) is 9.72. The zero-order valence-electron chi connectivity index (χ0n) is 13.1. The van der Waals surface area contributed by atoms with Gasteiger partial charge in [-0.1, -0.05) is 24.3 Å². The Hall–Kier alpha value is -1.16. The smallest absolute Gasteiger partial charge is 0.166 e. The van der Waals surface area contributed by atoms with E-state index in [0.717, 1.165) is 30.4 Å². The SMILES string of the molecule is CC(C)(C)S(=O)(=O)CCC1CCCc2ccccc2C1=O. The van der Waals surface area contributed by atoms with Crippen molar-refractivity contribution in [3.63, 3.8) is 0 Å². The summed E-state index contributed by atoms with van der Waals surface area (Å²) in [5, 5.41) is 0. The van der Waals surface area contributed by atoms with Gasteiger partial charge in [-0.05, 0) is 52.0 Å². The number of benzene rings is 1. The van der Waals surface area contributed by atoms with Gasteiger partial charge in [0.05, 0.1) is 10.5 Å². The Balaban J connectivity index is 2.14. The Morgan fingerprint density at radius 2 is 1.86 bits per heavy atom. The highest BCUT2D eigenvalue weighted by molar-refractivity contribution is 7.92. The Kier molecular flexibility index (Phi) is 4.57. The van der Waals surface area contributed by atoms with E-state index in [1.165, 1.54) is 0 Å². The van der Waals surface area contributed by atoms with Crippen LogP contribution in [-0.4, -0.2) is 24.7 Å². The highest BCUT2D eigenvalue weighted by Gasteiger charge is 2.32. The van der Waals surface area contributed by atoms with Crippen molar-refractivity contribution < 1.29 is 13.2 Å². The summed E-state index contributed by atoms with van der Waals surface area (Å²) < 4.78 is 23.7. The van der Waals surface area contributed by atoms with Crippen molar-refractivity contribution in [3.05, 3.63) is 35.4 Å². The van der Waals surface area contributed by atoms with Crippen molar-refractivity contribution >= 4 is 15.6 Å². The lowest BCUT2D eigenvalue weighted by Gasteiger charge is -2.21. The van der Waals surface area contributed by atoms with Crippen LogP contribution in [0.3, 0.4) is 0 Å².